The SMILES string of the molecule is Cc1noc(C)c1-c1cnc2c(c1)c(B1OC(C)(C)C(C)(C)O1)cn2-c1ccc(F)cc1F. The molecule has 0 atom stereocenters. The summed E-state index contributed by atoms with van der Waals surface area (Å²) in [6, 6.07) is 5.42. The zero-order valence-corrected chi connectivity index (χ0v) is 19.4. The Morgan fingerprint density at radius 3 is 2.30 bits per heavy atom. The van der Waals surface area contributed by atoms with E-state index in [4.69, 9.17) is 13.8 Å². The summed E-state index contributed by atoms with van der Waals surface area (Å²) in [6.07, 6.45) is 3.44. The molecule has 0 aliphatic carbocycles. The molecule has 0 bridgehead atoms. The Bertz CT molecular complexity index is 1360. The zero-order valence-electron chi connectivity index (χ0n) is 19.4. The maximum absolute atomic E-state index is 14.7. The van der Waals surface area contributed by atoms with E-state index in [0.29, 0.717) is 16.9 Å². The van der Waals surface area contributed by atoms with Crippen molar-refractivity contribution in [2.45, 2.75) is 52.7 Å². The third-order valence-corrected chi connectivity index (χ3v) is 6.67. The van der Waals surface area contributed by atoms with Gasteiger partial charge in [-0.2, -0.15) is 0 Å². The van der Waals surface area contributed by atoms with Gasteiger partial charge in [0.1, 0.15) is 23.0 Å². The number of halogens is 2. The number of benzene rings is 1. The van der Waals surface area contributed by atoms with E-state index in [1.807, 2.05) is 47.6 Å². The summed E-state index contributed by atoms with van der Waals surface area (Å²) in [5, 5.41) is 4.77. The Morgan fingerprint density at radius 1 is 1.00 bits per heavy atom. The van der Waals surface area contributed by atoms with E-state index >= 15 is 0 Å². The van der Waals surface area contributed by atoms with Crippen LogP contribution in [0.15, 0.2) is 41.2 Å². The standard InChI is InChI=1S/C24H24BF2N3O3/c1-13-21(14(2)31-29-13)15-9-17-18(25-32-23(3,4)24(5,6)33-25)12-30(22(17)28-11-15)20-8-7-16(26)10-19(20)27/h7-12H,1-6H3. The van der Waals surface area contributed by atoms with Crippen molar-refractivity contribution in [2.24, 2.45) is 0 Å². The fourth-order valence-corrected chi connectivity index (χ4v) is 4.18. The molecule has 1 aliphatic heterocycles. The van der Waals surface area contributed by atoms with Crippen molar-refractivity contribution in [3.8, 4) is 16.8 Å². The number of hydrogen-bond donors (Lipinski definition) is 0. The highest BCUT2D eigenvalue weighted by Gasteiger charge is 2.52. The van der Waals surface area contributed by atoms with E-state index < -0.39 is 30.0 Å². The van der Waals surface area contributed by atoms with Gasteiger partial charge in [0.15, 0.2) is 0 Å². The molecule has 4 aromatic rings. The molecule has 6 nitrogen and oxygen atoms in total. The molecule has 0 amide bonds. The lowest BCUT2D eigenvalue weighted by atomic mass is 9.79. The van der Waals surface area contributed by atoms with Gasteiger partial charge in [-0.3, -0.25) is 4.57 Å². The minimum atomic E-state index is -0.691. The molecule has 1 fully saturated rings. The summed E-state index contributed by atoms with van der Waals surface area (Å²) in [6.45, 7) is 11.6. The summed E-state index contributed by atoms with van der Waals surface area (Å²) in [5.74, 6) is -0.661. The quantitative estimate of drug-likeness (QED) is 0.416. The Morgan fingerprint density at radius 2 is 1.70 bits per heavy atom. The van der Waals surface area contributed by atoms with E-state index in [2.05, 4.69) is 10.1 Å². The lowest BCUT2D eigenvalue weighted by molar-refractivity contribution is 0.00578. The van der Waals surface area contributed by atoms with Crippen LogP contribution in [-0.4, -0.2) is 33.0 Å². The van der Waals surface area contributed by atoms with Crippen molar-refractivity contribution >= 4 is 23.6 Å². The zero-order chi connectivity index (χ0) is 23.7. The fourth-order valence-electron chi connectivity index (χ4n) is 4.18. The predicted molar refractivity (Wildman–Crippen MR) is 122 cm³/mol. The molecule has 0 unspecified atom stereocenters. The van der Waals surface area contributed by atoms with Crippen molar-refractivity contribution in [3.63, 3.8) is 0 Å². The van der Waals surface area contributed by atoms with E-state index in [0.717, 1.165) is 28.3 Å². The number of aryl methyl sites for hydroxylation is 2. The second-order valence-electron chi connectivity index (χ2n) is 9.43. The van der Waals surface area contributed by atoms with Crippen LogP contribution in [0.2, 0.25) is 0 Å². The van der Waals surface area contributed by atoms with Crippen LogP contribution in [0, 0.1) is 25.5 Å². The molecule has 9 heteroatoms. The topological polar surface area (TPSA) is 62.3 Å². The molecule has 1 saturated heterocycles. The molecule has 0 saturated carbocycles. The van der Waals surface area contributed by atoms with Crippen LogP contribution in [0.5, 0.6) is 0 Å². The average molecular weight is 451 g/mol. The van der Waals surface area contributed by atoms with Gasteiger partial charge >= 0.3 is 7.12 Å². The molecule has 0 radical (unpaired) electrons. The molecule has 1 aliphatic rings. The Kier molecular flexibility index (Phi) is 4.78. The van der Waals surface area contributed by atoms with E-state index in [1.165, 1.54) is 12.1 Å². The Hall–Kier alpha value is -3.04. The lowest BCUT2D eigenvalue weighted by Crippen LogP contribution is -2.41. The summed E-state index contributed by atoms with van der Waals surface area (Å²) >= 11 is 0. The minimum absolute atomic E-state index is 0.182. The van der Waals surface area contributed by atoms with Gasteiger partial charge in [0.05, 0.1) is 22.6 Å². The number of hydrogen-bond acceptors (Lipinski definition) is 5. The van der Waals surface area contributed by atoms with Gasteiger partial charge in [-0.1, -0.05) is 5.16 Å². The second kappa shape index (κ2) is 7.23. The van der Waals surface area contributed by atoms with Crippen LogP contribution in [0.4, 0.5) is 8.78 Å². The molecular weight excluding hydrogens is 427 g/mol. The third-order valence-electron chi connectivity index (χ3n) is 6.67. The van der Waals surface area contributed by atoms with Crippen LogP contribution < -0.4 is 5.46 Å². The number of fused-ring (bicyclic) bond motifs is 1. The summed E-state index contributed by atoms with van der Waals surface area (Å²) in [4.78, 5) is 4.65. The first-order valence-corrected chi connectivity index (χ1v) is 10.7. The van der Waals surface area contributed by atoms with Crippen LogP contribution in [0.1, 0.15) is 39.1 Å². The highest BCUT2D eigenvalue weighted by molar-refractivity contribution is 6.65. The highest BCUT2D eigenvalue weighted by atomic mass is 19.1. The monoisotopic (exact) mass is 451 g/mol. The van der Waals surface area contributed by atoms with E-state index in [9.17, 15) is 8.78 Å². The number of rotatable bonds is 3. The first kappa shape index (κ1) is 21.8. The van der Waals surface area contributed by atoms with Gasteiger partial charge in [-0.25, -0.2) is 13.8 Å². The van der Waals surface area contributed by atoms with Crippen molar-refractivity contribution in [2.75, 3.05) is 0 Å². The number of aromatic nitrogens is 3. The normalized spacial score (nSPS) is 17.3. The maximum atomic E-state index is 14.7. The smallest absolute Gasteiger partial charge is 0.399 e. The minimum Gasteiger partial charge on any atom is -0.399 e. The molecule has 0 N–H and O–H groups in total. The molecular formula is C24H24BF2N3O3. The first-order valence-electron chi connectivity index (χ1n) is 10.7. The largest absolute Gasteiger partial charge is 0.497 e. The highest BCUT2D eigenvalue weighted by Crippen LogP contribution is 2.38. The van der Waals surface area contributed by atoms with Crippen LogP contribution in [0.25, 0.3) is 27.8 Å². The number of nitrogens with zero attached hydrogens (tertiary/aromatic N) is 3. The lowest BCUT2D eigenvalue weighted by Gasteiger charge is -2.32. The van der Waals surface area contributed by atoms with Gasteiger partial charge in [0.25, 0.3) is 0 Å². The second-order valence-corrected chi connectivity index (χ2v) is 9.43. The van der Waals surface area contributed by atoms with Crippen molar-refractivity contribution in [3.05, 3.63) is 59.7 Å². The number of pyridine rings is 1. The molecule has 5 rings (SSSR count). The van der Waals surface area contributed by atoms with E-state index in [1.54, 1.807) is 17.0 Å². The van der Waals surface area contributed by atoms with Crippen LogP contribution >= 0.6 is 0 Å². The van der Waals surface area contributed by atoms with Gasteiger partial charge in [-0.05, 0) is 59.7 Å². The molecule has 3 aromatic heterocycles. The van der Waals surface area contributed by atoms with Crippen molar-refractivity contribution in [1.29, 1.82) is 0 Å². The molecule has 4 heterocycles. The maximum Gasteiger partial charge on any atom is 0.497 e. The molecule has 170 valence electrons. The van der Waals surface area contributed by atoms with E-state index in [-0.39, 0.29) is 5.69 Å². The van der Waals surface area contributed by atoms with Gasteiger partial charge in [-0.15, -0.1) is 0 Å². The van der Waals surface area contributed by atoms with Crippen molar-refractivity contribution in [1.82, 2.24) is 14.7 Å². The van der Waals surface area contributed by atoms with Gasteiger partial charge in [0.2, 0.25) is 0 Å². The van der Waals surface area contributed by atoms with Gasteiger partial charge < -0.3 is 13.8 Å². The summed E-state index contributed by atoms with van der Waals surface area (Å²) in [5.41, 5.74) is 2.68. The molecule has 0 spiro atoms. The fraction of sp³-hybridized carbons (Fsp3) is 0.333. The third kappa shape index (κ3) is 3.38. The first-order chi connectivity index (χ1) is 15.5. The van der Waals surface area contributed by atoms with Gasteiger partial charge in [0, 0.05) is 40.4 Å². The predicted octanol–water partition coefficient (Wildman–Crippen LogP) is 4.87. The van der Waals surface area contributed by atoms with Crippen LogP contribution in [-0.2, 0) is 9.31 Å². The Balaban J connectivity index is 1.75. The van der Waals surface area contributed by atoms with Crippen molar-refractivity contribution < 1.29 is 22.6 Å². The Labute approximate surface area is 190 Å². The average Bonchev–Trinajstić information content (AvgIpc) is 3.33. The summed E-state index contributed by atoms with van der Waals surface area (Å²) < 4.78 is 47.8. The molecule has 33 heavy (non-hydrogen) atoms. The van der Waals surface area contributed by atoms with Crippen LogP contribution in [0.3, 0.4) is 0 Å². The molecule has 1 aromatic carbocycles. The summed E-state index contributed by atoms with van der Waals surface area (Å²) in [7, 11) is -0.691.